The van der Waals surface area contributed by atoms with E-state index >= 15 is 0 Å². The Balaban J connectivity index is 2.00. The molecule has 2 heterocycles. The molecule has 1 N–H and O–H groups in total. The Hall–Kier alpha value is -2.95. The minimum absolute atomic E-state index is 0.221. The molecular weight excluding hydrogens is 270 g/mol. The number of carbonyl (C=O) groups excluding carboxylic acids is 1. The van der Waals surface area contributed by atoms with Crippen molar-refractivity contribution in [2.24, 2.45) is 5.92 Å². The van der Waals surface area contributed by atoms with Crippen LogP contribution in [0, 0.1) is 17.2 Å². The highest BCUT2D eigenvalue weighted by atomic mass is 16.2. The predicted octanol–water partition coefficient (Wildman–Crippen LogP) is 1.29. The van der Waals surface area contributed by atoms with Gasteiger partial charge in [-0.2, -0.15) is 10.4 Å². The molecule has 2 aromatic rings. The lowest BCUT2D eigenvalue weighted by Crippen LogP contribution is -2.34. The molecule has 8 heteroatoms. The van der Waals surface area contributed by atoms with E-state index in [2.05, 4.69) is 26.5 Å². The van der Waals surface area contributed by atoms with Crippen LogP contribution in [0.4, 0.5) is 10.5 Å². The average Bonchev–Trinajstić information content (AvgIpc) is 2.96. The summed E-state index contributed by atoms with van der Waals surface area (Å²) < 4.78 is 1.47. The van der Waals surface area contributed by atoms with E-state index in [9.17, 15) is 4.79 Å². The normalized spacial score (nSPS) is 11.5. The minimum atomic E-state index is -0.300. The Morgan fingerprint density at radius 3 is 2.90 bits per heavy atom. The number of amides is 2. The van der Waals surface area contributed by atoms with Gasteiger partial charge in [0, 0.05) is 26.0 Å². The van der Waals surface area contributed by atoms with E-state index in [-0.39, 0.29) is 11.9 Å². The summed E-state index contributed by atoms with van der Waals surface area (Å²) in [5.74, 6) is 0.200. The summed E-state index contributed by atoms with van der Waals surface area (Å²) in [4.78, 5) is 21.5. The first-order chi connectivity index (χ1) is 10.1. The van der Waals surface area contributed by atoms with Crippen LogP contribution in [0.25, 0.3) is 5.95 Å². The van der Waals surface area contributed by atoms with Gasteiger partial charge in [0.15, 0.2) is 0 Å². The van der Waals surface area contributed by atoms with Crippen LogP contribution in [-0.4, -0.2) is 44.3 Å². The van der Waals surface area contributed by atoms with Crippen LogP contribution in [0.2, 0.25) is 0 Å². The third-order valence-corrected chi connectivity index (χ3v) is 2.71. The Kier molecular flexibility index (Phi) is 4.46. The number of urea groups is 1. The second-order valence-corrected chi connectivity index (χ2v) is 4.56. The molecule has 0 saturated heterocycles. The van der Waals surface area contributed by atoms with E-state index < -0.39 is 0 Å². The number of hydrogen-bond donors (Lipinski definition) is 1. The topological polar surface area (TPSA) is 99.7 Å². The molecule has 21 heavy (non-hydrogen) atoms. The largest absolute Gasteiger partial charge is 0.326 e. The number of anilines is 1. The first kappa shape index (κ1) is 14.5. The predicted molar refractivity (Wildman–Crippen MR) is 75.6 cm³/mol. The Bertz CT molecular complexity index is 646. The summed E-state index contributed by atoms with van der Waals surface area (Å²) >= 11 is 0. The first-order valence-corrected chi connectivity index (χ1v) is 6.34. The fraction of sp³-hybridized carbons (Fsp3) is 0.308. The van der Waals surface area contributed by atoms with Crippen LogP contribution in [-0.2, 0) is 0 Å². The molecule has 0 aliphatic heterocycles. The molecule has 0 aromatic carbocycles. The molecule has 0 fully saturated rings. The van der Waals surface area contributed by atoms with Gasteiger partial charge in [0.2, 0.25) is 5.95 Å². The van der Waals surface area contributed by atoms with Gasteiger partial charge < -0.3 is 10.2 Å². The van der Waals surface area contributed by atoms with Crippen molar-refractivity contribution in [3.63, 3.8) is 0 Å². The van der Waals surface area contributed by atoms with Crippen molar-refractivity contribution < 1.29 is 4.79 Å². The SMILES string of the molecule is CC(C#N)CN(C)C(=O)Nc1cnn(-c2ncccn2)c1. The van der Waals surface area contributed by atoms with E-state index in [0.29, 0.717) is 18.2 Å². The van der Waals surface area contributed by atoms with Gasteiger partial charge in [-0.3, -0.25) is 0 Å². The smallest absolute Gasteiger partial charge is 0.321 e. The molecule has 1 atom stereocenters. The maximum absolute atomic E-state index is 11.9. The van der Waals surface area contributed by atoms with E-state index in [0.717, 1.165) is 0 Å². The van der Waals surface area contributed by atoms with Crippen molar-refractivity contribution in [2.45, 2.75) is 6.92 Å². The van der Waals surface area contributed by atoms with Gasteiger partial charge in [-0.1, -0.05) is 0 Å². The van der Waals surface area contributed by atoms with Crippen molar-refractivity contribution in [3.8, 4) is 12.0 Å². The summed E-state index contributed by atoms with van der Waals surface area (Å²) in [6, 6.07) is 3.49. The van der Waals surface area contributed by atoms with Crippen molar-refractivity contribution in [3.05, 3.63) is 30.9 Å². The monoisotopic (exact) mass is 285 g/mol. The van der Waals surface area contributed by atoms with Gasteiger partial charge in [-0.15, -0.1) is 0 Å². The Morgan fingerprint density at radius 2 is 2.24 bits per heavy atom. The zero-order valence-electron chi connectivity index (χ0n) is 11.8. The number of aromatic nitrogens is 4. The number of nitriles is 1. The molecule has 0 aliphatic carbocycles. The molecule has 2 aromatic heterocycles. The fourth-order valence-electron chi connectivity index (χ4n) is 1.66. The molecule has 0 aliphatic rings. The lowest BCUT2D eigenvalue weighted by molar-refractivity contribution is 0.219. The molecule has 0 spiro atoms. The van der Waals surface area contributed by atoms with Crippen LogP contribution in [0.1, 0.15) is 6.92 Å². The van der Waals surface area contributed by atoms with Crippen LogP contribution < -0.4 is 5.32 Å². The lowest BCUT2D eigenvalue weighted by atomic mass is 10.2. The molecule has 0 radical (unpaired) electrons. The second-order valence-electron chi connectivity index (χ2n) is 4.56. The summed E-state index contributed by atoms with van der Waals surface area (Å²) in [5.41, 5.74) is 0.531. The van der Waals surface area contributed by atoms with Gasteiger partial charge in [0.05, 0.1) is 30.1 Å². The van der Waals surface area contributed by atoms with Gasteiger partial charge in [0.1, 0.15) is 0 Å². The van der Waals surface area contributed by atoms with Gasteiger partial charge in [0.25, 0.3) is 0 Å². The molecule has 0 saturated carbocycles. The fourth-order valence-corrected chi connectivity index (χ4v) is 1.66. The van der Waals surface area contributed by atoms with Crippen LogP contribution in [0.5, 0.6) is 0 Å². The number of nitrogens with one attached hydrogen (secondary N) is 1. The highest BCUT2D eigenvalue weighted by Crippen LogP contribution is 2.09. The van der Waals surface area contributed by atoms with Crippen molar-refractivity contribution >= 4 is 11.7 Å². The molecule has 8 nitrogen and oxygen atoms in total. The Morgan fingerprint density at radius 1 is 1.52 bits per heavy atom. The van der Waals surface area contributed by atoms with Crippen molar-refractivity contribution in [1.29, 1.82) is 5.26 Å². The van der Waals surface area contributed by atoms with Crippen molar-refractivity contribution in [1.82, 2.24) is 24.6 Å². The zero-order chi connectivity index (χ0) is 15.2. The molecular formula is C13H15N7O. The highest BCUT2D eigenvalue weighted by molar-refractivity contribution is 5.88. The van der Waals surface area contributed by atoms with Crippen LogP contribution in [0.15, 0.2) is 30.9 Å². The third kappa shape index (κ3) is 3.76. The molecule has 0 bridgehead atoms. The average molecular weight is 285 g/mol. The molecule has 108 valence electrons. The maximum Gasteiger partial charge on any atom is 0.321 e. The van der Waals surface area contributed by atoms with Crippen LogP contribution >= 0.6 is 0 Å². The van der Waals surface area contributed by atoms with Gasteiger partial charge in [-0.05, 0) is 13.0 Å². The molecule has 2 rings (SSSR count). The van der Waals surface area contributed by atoms with Crippen LogP contribution in [0.3, 0.4) is 0 Å². The summed E-state index contributed by atoms with van der Waals surface area (Å²) in [7, 11) is 1.63. The van der Waals surface area contributed by atoms with E-state index in [4.69, 9.17) is 5.26 Å². The summed E-state index contributed by atoms with van der Waals surface area (Å²) in [6.45, 7) is 2.12. The van der Waals surface area contributed by atoms with Gasteiger partial charge >= 0.3 is 6.03 Å². The lowest BCUT2D eigenvalue weighted by Gasteiger charge is -2.18. The number of carbonyl (C=O) groups is 1. The van der Waals surface area contributed by atoms with E-state index in [1.165, 1.54) is 15.8 Å². The summed E-state index contributed by atoms with van der Waals surface area (Å²) in [6.07, 6.45) is 6.35. The quantitative estimate of drug-likeness (QED) is 0.912. The molecule has 2 amide bonds. The number of nitrogens with zero attached hydrogens (tertiary/aromatic N) is 6. The Labute approximate surface area is 122 Å². The standard InChI is InChI=1S/C13H15N7O/c1-10(6-14)8-19(2)13(21)18-11-7-17-20(9-11)12-15-4-3-5-16-12/h3-5,7,9-10H,8H2,1-2H3,(H,18,21). The third-order valence-electron chi connectivity index (χ3n) is 2.71. The summed E-state index contributed by atoms with van der Waals surface area (Å²) in [5, 5.41) is 15.5. The van der Waals surface area contributed by atoms with Crippen molar-refractivity contribution in [2.75, 3.05) is 18.9 Å². The number of rotatable bonds is 4. The van der Waals surface area contributed by atoms with E-state index in [1.54, 1.807) is 38.6 Å². The van der Waals surface area contributed by atoms with E-state index in [1.807, 2.05) is 0 Å². The maximum atomic E-state index is 11.9. The zero-order valence-corrected chi connectivity index (χ0v) is 11.8. The number of hydrogen-bond acceptors (Lipinski definition) is 5. The second kappa shape index (κ2) is 6.47. The van der Waals surface area contributed by atoms with Gasteiger partial charge in [-0.25, -0.2) is 19.4 Å². The highest BCUT2D eigenvalue weighted by Gasteiger charge is 2.13. The molecule has 1 unspecified atom stereocenters. The first-order valence-electron chi connectivity index (χ1n) is 6.34. The minimum Gasteiger partial charge on any atom is -0.326 e.